The summed E-state index contributed by atoms with van der Waals surface area (Å²) < 4.78 is 66.3. The number of carbonyl (C=O) groups excluding carboxylic acids is 2. The van der Waals surface area contributed by atoms with E-state index in [1.54, 1.807) is 6.92 Å². The summed E-state index contributed by atoms with van der Waals surface area (Å²) >= 11 is 0. The van der Waals surface area contributed by atoms with Crippen LogP contribution in [0.3, 0.4) is 0 Å². The lowest BCUT2D eigenvalue weighted by Gasteiger charge is -2.38. The Morgan fingerprint density at radius 1 is 1.17 bits per heavy atom. The Bertz CT molecular complexity index is 793. The fourth-order valence-corrected chi connectivity index (χ4v) is 4.23. The first-order valence-electron chi connectivity index (χ1n) is 9.94. The highest BCUT2D eigenvalue weighted by atomic mass is 19.4. The smallest absolute Gasteiger partial charge is 0.353 e. The Balaban J connectivity index is 1.80. The van der Waals surface area contributed by atoms with Gasteiger partial charge in [0.2, 0.25) is 5.91 Å². The lowest BCUT2D eigenvalue weighted by Crippen LogP contribution is -2.58. The van der Waals surface area contributed by atoms with Crippen molar-refractivity contribution in [2.75, 3.05) is 13.1 Å². The highest BCUT2D eigenvalue weighted by Gasteiger charge is 2.43. The second kappa shape index (κ2) is 8.77. The van der Waals surface area contributed by atoms with Crippen LogP contribution in [0.5, 0.6) is 0 Å². The number of benzene rings is 1. The number of nitrogens with zero attached hydrogens (tertiary/aromatic N) is 1. The number of alkyl halides is 3. The minimum atomic E-state index is -4.28. The molecule has 3 amide bonds. The summed E-state index contributed by atoms with van der Waals surface area (Å²) in [6.07, 6.45) is -4.09. The first-order chi connectivity index (χ1) is 14.1. The van der Waals surface area contributed by atoms with Crippen molar-refractivity contribution in [2.45, 2.75) is 50.9 Å². The van der Waals surface area contributed by atoms with E-state index in [9.17, 15) is 31.5 Å². The number of halogens is 5. The van der Waals surface area contributed by atoms with Gasteiger partial charge in [-0.1, -0.05) is 6.07 Å². The molecule has 2 atom stereocenters. The molecule has 3 rings (SSSR count). The molecule has 2 N–H and O–H groups in total. The van der Waals surface area contributed by atoms with Crippen molar-refractivity contribution in [3.05, 3.63) is 35.4 Å². The zero-order valence-electron chi connectivity index (χ0n) is 16.4. The summed E-state index contributed by atoms with van der Waals surface area (Å²) in [5.41, 5.74) is 0.284. The lowest BCUT2D eigenvalue weighted by atomic mass is 9.76. The topological polar surface area (TPSA) is 61.4 Å². The van der Waals surface area contributed by atoms with Crippen molar-refractivity contribution in [2.24, 2.45) is 11.8 Å². The van der Waals surface area contributed by atoms with E-state index in [4.69, 9.17) is 0 Å². The summed E-state index contributed by atoms with van der Waals surface area (Å²) in [6, 6.07) is 1.14. The van der Waals surface area contributed by atoms with E-state index in [-0.39, 0.29) is 56.2 Å². The number of rotatable bonds is 3. The van der Waals surface area contributed by atoms with Gasteiger partial charge in [-0.15, -0.1) is 0 Å². The summed E-state index contributed by atoms with van der Waals surface area (Å²) in [4.78, 5) is 26.0. The predicted molar refractivity (Wildman–Crippen MR) is 98.3 cm³/mol. The molecule has 1 saturated carbocycles. The molecule has 0 aromatic heterocycles. The summed E-state index contributed by atoms with van der Waals surface area (Å²) in [5.74, 6) is -4.23. The molecular formula is C20H24F5N3O2. The van der Waals surface area contributed by atoms with Gasteiger partial charge in [-0.25, -0.2) is 13.6 Å². The van der Waals surface area contributed by atoms with Gasteiger partial charge in [0.15, 0.2) is 11.6 Å². The third-order valence-electron chi connectivity index (χ3n) is 6.05. The zero-order valence-corrected chi connectivity index (χ0v) is 16.4. The number of hydrogen-bond donors (Lipinski definition) is 2. The molecular weight excluding hydrogens is 409 g/mol. The molecule has 1 saturated heterocycles. The molecule has 1 aliphatic heterocycles. The van der Waals surface area contributed by atoms with Gasteiger partial charge >= 0.3 is 12.2 Å². The van der Waals surface area contributed by atoms with Gasteiger partial charge in [0.05, 0.1) is 12.0 Å². The van der Waals surface area contributed by atoms with Crippen LogP contribution in [0, 0.1) is 23.5 Å². The van der Waals surface area contributed by atoms with Crippen LogP contribution in [0.1, 0.15) is 44.2 Å². The molecule has 10 heteroatoms. The van der Waals surface area contributed by atoms with Gasteiger partial charge in [0.1, 0.15) is 6.04 Å². The molecule has 2 aliphatic rings. The van der Waals surface area contributed by atoms with Gasteiger partial charge in [-0.05, 0) is 56.2 Å². The zero-order chi connectivity index (χ0) is 22.1. The summed E-state index contributed by atoms with van der Waals surface area (Å²) in [7, 11) is 0. The van der Waals surface area contributed by atoms with Crippen molar-refractivity contribution in [3.8, 4) is 0 Å². The molecule has 30 heavy (non-hydrogen) atoms. The second-order valence-electron chi connectivity index (χ2n) is 7.91. The lowest BCUT2D eigenvalue weighted by molar-refractivity contribution is -0.184. The highest BCUT2D eigenvalue weighted by molar-refractivity contribution is 5.88. The number of carbonyl (C=O) groups is 2. The fourth-order valence-electron chi connectivity index (χ4n) is 4.23. The number of amides is 3. The minimum absolute atomic E-state index is 0.0905. The van der Waals surface area contributed by atoms with Crippen molar-refractivity contribution >= 4 is 11.9 Å². The number of nitrogens with one attached hydrogen (secondary N) is 2. The maximum atomic E-state index is 13.8. The van der Waals surface area contributed by atoms with Gasteiger partial charge in [0, 0.05) is 13.1 Å². The standard InChI is InChI=1S/C20H24F5N3O2/c1-11-18(29)26-8-9-28(11)19(30)27-17(13-4-7-15(21)16(22)10-13)12-2-5-14(6-3-12)20(23,24)25/h4,7,10-12,14,17H,2-3,5-6,8-9H2,1H3,(H,26,29)(H,27,30)/t11-,12?,14?,17?/m1/s1. The largest absolute Gasteiger partial charge is 0.391 e. The average Bonchev–Trinajstić information content (AvgIpc) is 2.69. The molecule has 1 aromatic carbocycles. The average molecular weight is 433 g/mol. The molecule has 0 spiro atoms. The molecule has 1 heterocycles. The van der Waals surface area contributed by atoms with Crippen LogP contribution in [0.4, 0.5) is 26.7 Å². The van der Waals surface area contributed by atoms with E-state index in [0.717, 1.165) is 12.1 Å². The molecule has 1 aromatic rings. The maximum absolute atomic E-state index is 13.8. The molecule has 1 unspecified atom stereocenters. The van der Waals surface area contributed by atoms with Crippen LogP contribution in [-0.2, 0) is 4.79 Å². The van der Waals surface area contributed by atoms with Gasteiger partial charge in [-0.2, -0.15) is 13.2 Å². The first kappa shape index (κ1) is 22.3. The Labute approximate surface area is 171 Å². The van der Waals surface area contributed by atoms with Crippen LogP contribution in [0.15, 0.2) is 18.2 Å². The van der Waals surface area contributed by atoms with Crippen molar-refractivity contribution in [1.29, 1.82) is 0 Å². The third kappa shape index (κ3) is 4.84. The Morgan fingerprint density at radius 2 is 1.83 bits per heavy atom. The third-order valence-corrected chi connectivity index (χ3v) is 6.05. The van der Waals surface area contributed by atoms with Crippen LogP contribution in [0.25, 0.3) is 0 Å². The van der Waals surface area contributed by atoms with Crippen molar-refractivity contribution < 1.29 is 31.5 Å². The van der Waals surface area contributed by atoms with E-state index < -0.39 is 41.8 Å². The molecule has 1 aliphatic carbocycles. The number of piperazine rings is 1. The van der Waals surface area contributed by atoms with E-state index in [1.165, 1.54) is 11.0 Å². The van der Waals surface area contributed by atoms with E-state index in [0.29, 0.717) is 0 Å². The quantitative estimate of drug-likeness (QED) is 0.711. The van der Waals surface area contributed by atoms with Crippen LogP contribution < -0.4 is 10.6 Å². The Morgan fingerprint density at radius 3 is 2.43 bits per heavy atom. The molecule has 0 radical (unpaired) electrons. The Kier molecular flexibility index (Phi) is 6.52. The van der Waals surface area contributed by atoms with Crippen molar-refractivity contribution in [3.63, 3.8) is 0 Å². The van der Waals surface area contributed by atoms with Crippen molar-refractivity contribution in [1.82, 2.24) is 15.5 Å². The second-order valence-corrected chi connectivity index (χ2v) is 7.91. The van der Waals surface area contributed by atoms with Gasteiger partial charge in [-0.3, -0.25) is 4.79 Å². The van der Waals surface area contributed by atoms with Gasteiger partial charge < -0.3 is 15.5 Å². The summed E-state index contributed by atoms with van der Waals surface area (Å²) in [6.45, 7) is 2.11. The molecule has 166 valence electrons. The minimum Gasteiger partial charge on any atom is -0.353 e. The van der Waals surface area contributed by atoms with Crippen LogP contribution >= 0.6 is 0 Å². The monoisotopic (exact) mass is 433 g/mol. The molecule has 2 fully saturated rings. The molecule has 5 nitrogen and oxygen atoms in total. The maximum Gasteiger partial charge on any atom is 0.391 e. The fraction of sp³-hybridized carbons (Fsp3) is 0.600. The summed E-state index contributed by atoms with van der Waals surface area (Å²) in [5, 5.41) is 5.40. The van der Waals surface area contributed by atoms with E-state index in [1.807, 2.05) is 0 Å². The normalized spacial score (nSPS) is 26.1. The Hall–Kier alpha value is -2.39. The molecule has 0 bridgehead atoms. The first-order valence-corrected chi connectivity index (χ1v) is 9.94. The number of hydrogen-bond acceptors (Lipinski definition) is 2. The SMILES string of the molecule is C[C@@H]1C(=O)NCCN1C(=O)NC(c1ccc(F)c(F)c1)C1CCC(C(F)(F)F)CC1. The van der Waals surface area contributed by atoms with E-state index >= 15 is 0 Å². The predicted octanol–water partition coefficient (Wildman–Crippen LogP) is 3.90. The van der Waals surface area contributed by atoms with E-state index in [2.05, 4.69) is 10.6 Å². The van der Waals surface area contributed by atoms with Crippen LogP contribution in [0.2, 0.25) is 0 Å². The van der Waals surface area contributed by atoms with Gasteiger partial charge in [0.25, 0.3) is 0 Å². The highest BCUT2D eigenvalue weighted by Crippen LogP contribution is 2.43. The van der Waals surface area contributed by atoms with Crippen LogP contribution in [-0.4, -0.2) is 42.1 Å². The number of urea groups is 1.